The molecule has 1 aliphatic carbocycles. The first-order chi connectivity index (χ1) is 12.7. The zero-order valence-electron chi connectivity index (χ0n) is 14.7. The highest BCUT2D eigenvalue weighted by Crippen LogP contribution is 2.32. The van der Waals surface area contributed by atoms with E-state index in [1.807, 2.05) is 40.6 Å². The van der Waals surface area contributed by atoms with Gasteiger partial charge in [-0.1, -0.05) is 31.4 Å². The number of hydrogen-bond donors (Lipinski definition) is 2. The molecule has 6 heteroatoms. The average Bonchev–Trinajstić information content (AvgIpc) is 3.32. The first-order valence-electron chi connectivity index (χ1n) is 9.26. The molecule has 0 saturated heterocycles. The fraction of sp³-hybridized carbons (Fsp3) is 0.400. The molecule has 1 saturated carbocycles. The Hall–Kier alpha value is -2.34. The Bertz CT molecular complexity index is 797. The molecule has 1 aromatic heterocycles. The van der Waals surface area contributed by atoms with Crippen molar-refractivity contribution in [2.45, 2.75) is 44.6 Å². The third-order valence-electron chi connectivity index (χ3n) is 5.16. The lowest BCUT2D eigenvalue weighted by Crippen LogP contribution is -2.39. The number of carbonyl (C=O) groups is 2. The molecule has 5 nitrogen and oxygen atoms in total. The number of rotatable bonds is 3. The Morgan fingerprint density at radius 3 is 2.73 bits per heavy atom. The third-order valence-corrected chi connectivity index (χ3v) is 6.01. The van der Waals surface area contributed by atoms with Gasteiger partial charge in [0.25, 0.3) is 5.91 Å². The lowest BCUT2D eigenvalue weighted by molar-refractivity contribution is 0.0993. The van der Waals surface area contributed by atoms with Gasteiger partial charge in [-0.25, -0.2) is 4.79 Å². The van der Waals surface area contributed by atoms with Crippen molar-refractivity contribution in [1.29, 1.82) is 0 Å². The van der Waals surface area contributed by atoms with Crippen LogP contribution >= 0.6 is 11.3 Å². The molecule has 1 aromatic carbocycles. The Balaban J connectivity index is 1.45. The van der Waals surface area contributed by atoms with Crippen LogP contribution in [0.2, 0.25) is 0 Å². The summed E-state index contributed by atoms with van der Waals surface area (Å²) in [5.74, 6) is 0.0301. The minimum absolute atomic E-state index is 0.0301. The van der Waals surface area contributed by atoms with Crippen LogP contribution in [0.1, 0.15) is 47.3 Å². The van der Waals surface area contributed by atoms with Gasteiger partial charge in [0.1, 0.15) is 0 Å². The maximum atomic E-state index is 12.7. The Morgan fingerprint density at radius 1 is 1.12 bits per heavy atom. The number of amides is 3. The number of thiophene rings is 1. The fourth-order valence-corrected chi connectivity index (χ4v) is 4.47. The minimum Gasteiger partial charge on any atom is -0.335 e. The van der Waals surface area contributed by atoms with Gasteiger partial charge in [-0.05, 0) is 48.4 Å². The molecule has 26 heavy (non-hydrogen) atoms. The molecule has 136 valence electrons. The average molecular weight is 369 g/mol. The van der Waals surface area contributed by atoms with Crippen molar-refractivity contribution in [3.05, 3.63) is 46.2 Å². The molecule has 0 spiro atoms. The number of carbonyl (C=O) groups excluding carboxylic acids is 2. The predicted molar refractivity (Wildman–Crippen MR) is 105 cm³/mol. The van der Waals surface area contributed by atoms with Gasteiger partial charge in [0, 0.05) is 24.0 Å². The Labute approximate surface area is 157 Å². The van der Waals surface area contributed by atoms with Crippen molar-refractivity contribution in [3.63, 3.8) is 0 Å². The van der Waals surface area contributed by atoms with Crippen molar-refractivity contribution in [2.24, 2.45) is 0 Å². The number of nitrogens with one attached hydrogen (secondary N) is 2. The first kappa shape index (κ1) is 17.1. The number of benzene rings is 1. The van der Waals surface area contributed by atoms with Crippen LogP contribution in [0, 0.1) is 0 Å². The van der Waals surface area contributed by atoms with Gasteiger partial charge < -0.3 is 15.5 Å². The van der Waals surface area contributed by atoms with E-state index in [0.717, 1.165) is 41.1 Å². The molecular weight excluding hydrogens is 346 g/mol. The monoisotopic (exact) mass is 369 g/mol. The van der Waals surface area contributed by atoms with E-state index in [0.29, 0.717) is 6.54 Å². The summed E-state index contributed by atoms with van der Waals surface area (Å²) in [5.41, 5.74) is 2.77. The van der Waals surface area contributed by atoms with Crippen LogP contribution in [0.3, 0.4) is 0 Å². The van der Waals surface area contributed by atoms with E-state index in [4.69, 9.17) is 0 Å². The van der Waals surface area contributed by atoms with E-state index in [1.165, 1.54) is 30.6 Å². The number of nitrogens with zero attached hydrogens (tertiary/aromatic N) is 1. The highest BCUT2D eigenvalue weighted by atomic mass is 32.1. The van der Waals surface area contributed by atoms with Crippen LogP contribution < -0.4 is 15.5 Å². The summed E-state index contributed by atoms with van der Waals surface area (Å²) in [6, 6.07) is 9.69. The highest BCUT2D eigenvalue weighted by molar-refractivity contribution is 7.12. The van der Waals surface area contributed by atoms with E-state index in [-0.39, 0.29) is 18.0 Å². The summed E-state index contributed by atoms with van der Waals surface area (Å²) < 4.78 is 0. The summed E-state index contributed by atoms with van der Waals surface area (Å²) in [6.45, 7) is 0.684. The minimum atomic E-state index is -0.161. The summed E-state index contributed by atoms with van der Waals surface area (Å²) in [5, 5.41) is 7.90. The van der Waals surface area contributed by atoms with Gasteiger partial charge in [0.05, 0.1) is 4.88 Å². The second-order valence-electron chi connectivity index (χ2n) is 6.96. The zero-order chi connectivity index (χ0) is 17.9. The van der Waals surface area contributed by atoms with Crippen molar-refractivity contribution in [2.75, 3.05) is 16.8 Å². The SMILES string of the molecule is O=C(Nc1ccc2c(c1)N(C(=O)c1cccs1)CC2)NC1CCCCC1. The van der Waals surface area contributed by atoms with E-state index >= 15 is 0 Å². The number of hydrogen-bond acceptors (Lipinski definition) is 3. The summed E-state index contributed by atoms with van der Waals surface area (Å²) >= 11 is 1.46. The third kappa shape index (κ3) is 3.60. The first-order valence-corrected chi connectivity index (χ1v) is 10.1. The van der Waals surface area contributed by atoms with Crippen molar-refractivity contribution in [3.8, 4) is 0 Å². The maximum Gasteiger partial charge on any atom is 0.319 e. The fourth-order valence-electron chi connectivity index (χ4n) is 3.80. The maximum absolute atomic E-state index is 12.7. The summed E-state index contributed by atoms with van der Waals surface area (Å²) in [6.07, 6.45) is 6.59. The number of anilines is 2. The van der Waals surface area contributed by atoms with E-state index < -0.39 is 0 Å². The molecule has 0 atom stereocenters. The van der Waals surface area contributed by atoms with Crippen LogP contribution in [-0.2, 0) is 6.42 Å². The topological polar surface area (TPSA) is 61.4 Å². The standard InChI is InChI=1S/C20H23N3O2S/c24-19(18-7-4-12-26-18)23-11-10-14-8-9-16(13-17(14)23)22-20(25)21-15-5-2-1-3-6-15/h4,7-9,12-13,15H,1-3,5-6,10-11H2,(H2,21,22,25). The number of urea groups is 1. The molecule has 0 unspecified atom stereocenters. The second kappa shape index (κ2) is 7.50. The van der Waals surface area contributed by atoms with Gasteiger partial charge in [0.15, 0.2) is 0 Å². The van der Waals surface area contributed by atoms with Gasteiger partial charge >= 0.3 is 6.03 Å². The summed E-state index contributed by atoms with van der Waals surface area (Å²) in [7, 11) is 0. The van der Waals surface area contributed by atoms with E-state index in [1.54, 1.807) is 0 Å². The lowest BCUT2D eigenvalue weighted by Gasteiger charge is -2.23. The molecule has 3 amide bonds. The van der Waals surface area contributed by atoms with Crippen molar-refractivity contribution >= 4 is 34.6 Å². The molecule has 2 heterocycles. The molecule has 2 aliphatic rings. The predicted octanol–water partition coefficient (Wildman–Crippen LogP) is 4.41. The molecule has 0 radical (unpaired) electrons. The Kier molecular flexibility index (Phi) is 4.93. The van der Waals surface area contributed by atoms with Crippen LogP contribution in [0.25, 0.3) is 0 Å². The normalized spacial score (nSPS) is 17.0. The Morgan fingerprint density at radius 2 is 1.96 bits per heavy atom. The second-order valence-corrected chi connectivity index (χ2v) is 7.91. The highest BCUT2D eigenvalue weighted by Gasteiger charge is 2.26. The van der Waals surface area contributed by atoms with Crippen LogP contribution in [0.15, 0.2) is 35.7 Å². The smallest absolute Gasteiger partial charge is 0.319 e. The van der Waals surface area contributed by atoms with Gasteiger partial charge in [0.2, 0.25) is 0 Å². The van der Waals surface area contributed by atoms with Crippen LogP contribution in [0.4, 0.5) is 16.2 Å². The molecule has 1 aliphatic heterocycles. The van der Waals surface area contributed by atoms with Crippen molar-refractivity contribution < 1.29 is 9.59 Å². The molecule has 4 rings (SSSR count). The van der Waals surface area contributed by atoms with E-state index in [9.17, 15) is 9.59 Å². The van der Waals surface area contributed by atoms with Gasteiger partial charge in [-0.2, -0.15) is 0 Å². The van der Waals surface area contributed by atoms with E-state index in [2.05, 4.69) is 10.6 Å². The zero-order valence-corrected chi connectivity index (χ0v) is 15.5. The van der Waals surface area contributed by atoms with Crippen molar-refractivity contribution in [1.82, 2.24) is 5.32 Å². The largest absolute Gasteiger partial charge is 0.335 e. The van der Waals surface area contributed by atoms with Crippen LogP contribution in [-0.4, -0.2) is 24.5 Å². The molecular formula is C20H23N3O2S. The van der Waals surface area contributed by atoms with Crippen LogP contribution in [0.5, 0.6) is 0 Å². The molecule has 2 aromatic rings. The number of fused-ring (bicyclic) bond motifs is 1. The lowest BCUT2D eigenvalue weighted by atomic mass is 9.96. The quantitative estimate of drug-likeness (QED) is 0.842. The van der Waals surface area contributed by atoms with Gasteiger partial charge in [-0.15, -0.1) is 11.3 Å². The summed E-state index contributed by atoms with van der Waals surface area (Å²) in [4.78, 5) is 27.5. The molecule has 2 N–H and O–H groups in total. The molecule has 1 fully saturated rings. The molecule has 0 bridgehead atoms. The van der Waals surface area contributed by atoms with Gasteiger partial charge in [-0.3, -0.25) is 4.79 Å².